The summed E-state index contributed by atoms with van der Waals surface area (Å²) in [7, 11) is 0. The summed E-state index contributed by atoms with van der Waals surface area (Å²) < 4.78 is 0. The number of rotatable bonds is 2. The SMILES string of the molecule is Cc1c(N)cc(N)c(Cc2c(N)cc(N)cc2N)c1N. The average molecular weight is 272 g/mol. The maximum atomic E-state index is 6.10. The van der Waals surface area contributed by atoms with Crippen molar-refractivity contribution in [3.8, 4) is 0 Å². The van der Waals surface area contributed by atoms with E-state index in [1.54, 1.807) is 18.2 Å². The highest BCUT2D eigenvalue weighted by Crippen LogP contribution is 2.34. The van der Waals surface area contributed by atoms with Crippen LogP contribution in [0.3, 0.4) is 0 Å². The van der Waals surface area contributed by atoms with Crippen molar-refractivity contribution in [2.75, 3.05) is 34.4 Å². The third-order valence-electron chi connectivity index (χ3n) is 3.52. The molecule has 2 rings (SSSR count). The van der Waals surface area contributed by atoms with Gasteiger partial charge in [0.25, 0.3) is 0 Å². The molecule has 0 fully saturated rings. The third-order valence-corrected chi connectivity index (χ3v) is 3.52. The van der Waals surface area contributed by atoms with Crippen LogP contribution < -0.4 is 34.4 Å². The van der Waals surface area contributed by atoms with Crippen LogP contribution in [0.4, 0.5) is 34.1 Å². The van der Waals surface area contributed by atoms with E-state index in [-0.39, 0.29) is 0 Å². The summed E-state index contributed by atoms with van der Waals surface area (Å²) in [6.07, 6.45) is 0.441. The van der Waals surface area contributed by atoms with E-state index in [1.165, 1.54) is 0 Å². The Morgan fingerprint density at radius 1 is 0.700 bits per heavy atom. The standard InChI is InChI=1S/C14H20N6/c1-6-10(16)5-13(19)9(14(6)20)4-8-11(17)2-7(15)3-12(8)18/h2-3,5H,4,15-20H2,1H3. The highest BCUT2D eigenvalue weighted by atomic mass is 14.7. The summed E-state index contributed by atoms with van der Waals surface area (Å²) in [5.41, 5.74) is 41.2. The predicted octanol–water partition coefficient (Wildman–Crippen LogP) is 1.08. The molecule has 0 aliphatic rings. The van der Waals surface area contributed by atoms with E-state index in [9.17, 15) is 0 Å². The molecule has 0 saturated carbocycles. The Kier molecular flexibility index (Phi) is 3.23. The highest BCUT2D eigenvalue weighted by Gasteiger charge is 2.14. The molecule has 2 aromatic carbocycles. The van der Waals surface area contributed by atoms with Crippen molar-refractivity contribution < 1.29 is 0 Å². The molecule has 0 atom stereocenters. The molecule has 12 N–H and O–H groups in total. The van der Waals surface area contributed by atoms with E-state index in [0.717, 1.165) is 16.7 Å². The Bertz CT molecular complexity index is 655. The molecule has 106 valence electrons. The second kappa shape index (κ2) is 4.73. The number of benzene rings is 2. The Morgan fingerprint density at radius 3 is 1.75 bits per heavy atom. The molecular formula is C14H20N6. The van der Waals surface area contributed by atoms with Gasteiger partial charge in [-0.3, -0.25) is 0 Å². The summed E-state index contributed by atoms with van der Waals surface area (Å²) in [6, 6.07) is 5.04. The van der Waals surface area contributed by atoms with Gasteiger partial charge in [-0.05, 0) is 30.7 Å². The molecule has 0 saturated heterocycles. The lowest BCUT2D eigenvalue weighted by molar-refractivity contribution is 1.20. The largest absolute Gasteiger partial charge is 0.399 e. The lowest BCUT2D eigenvalue weighted by Crippen LogP contribution is -2.09. The molecule has 20 heavy (non-hydrogen) atoms. The molecule has 2 aromatic rings. The van der Waals surface area contributed by atoms with Crippen LogP contribution in [0.5, 0.6) is 0 Å². The quantitative estimate of drug-likeness (QED) is 0.449. The fourth-order valence-electron chi connectivity index (χ4n) is 2.22. The number of hydrogen-bond acceptors (Lipinski definition) is 6. The summed E-state index contributed by atoms with van der Waals surface area (Å²) in [5.74, 6) is 0. The minimum absolute atomic E-state index is 0.441. The van der Waals surface area contributed by atoms with Gasteiger partial charge in [0.15, 0.2) is 0 Å². The zero-order valence-corrected chi connectivity index (χ0v) is 11.4. The first kappa shape index (κ1) is 13.7. The summed E-state index contributed by atoms with van der Waals surface area (Å²) in [4.78, 5) is 0. The average Bonchev–Trinajstić information content (AvgIpc) is 2.34. The molecule has 0 spiro atoms. The van der Waals surface area contributed by atoms with Gasteiger partial charge in [0.05, 0.1) is 0 Å². The van der Waals surface area contributed by atoms with Crippen molar-refractivity contribution in [3.05, 3.63) is 34.9 Å². The second-order valence-electron chi connectivity index (χ2n) is 4.93. The highest BCUT2D eigenvalue weighted by molar-refractivity contribution is 5.77. The van der Waals surface area contributed by atoms with Crippen molar-refractivity contribution in [2.45, 2.75) is 13.3 Å². The molecule has 0 heterocycles. The minimum atomic E-state index is 0.441. The van der Waals surface area contributed by atoms with E-state index in [1.807, 2.05) is 6.92 Å². The molecular weight excluding hydrogens is 252 g/mol. The molecule has 0 aliphatic carbocycles. The third kappa shape index (κ3) is 2.23. The fourth-order valence-corrected chi connectivity index (χ4v) is 2.22. The Hall–Kier alpha value is -2.76. The lowest BCUT2D eigenvalue weighted by Gasteiger charge is -2.16. The monoisotopic (exact) mass is 272 g/mol. The van der Waals surface area contributed by atoms with Crippen LogP contribution in [0.25, 0.3) is 0 Å². The first-order chi connectivity index (χ1) is 9.31. The van der Waals surface area contributed by atoms with Crippen molar-refractivity contribution >= 4 is 34.1 Å². The van der Waals surface area contributed by atoms with Crippen molar-refractivity contribution in [2.24, 2.45) is 0 Å². The van der Waals surface area contributed by atoms with Gasteiger partial charge in [0.1, 0.15) is 0 Å². The molecule has 0 unspecified atom stereocenters. The summed E-state index contributed by atoms with van der Waals surface area (Å²) in [5, 5.41) is 0. The van der Waals surface area contributed by atoms with Crippen LogP contribution in [-0.4, -0.2) is 0 Å². The minimum Gasteiger partial charge on any atom is -0.399 e. The van der Waals surface area contributed by atoms with Gasteiger partial charge in [0, 0.05) is 51.7 Å². The van der Waals surface area contributed by atoms with Gasteiger partial charge in [0.2, 0.25) is 0 Å². The number of hydrogen-bond donors (Lipinski definition) is 6. The van der Waals surface area contributed by atoms with Crippen LogP contribution in [0, 0.1) is 6.92 Å². The predicted molar refractivity (Wildman–Crippen MR) is 86.9 cm³/mol. The molecule has 0 amide bonds. The first-order valence-electron chi connectivity index (χ1n) is 6.17. The van der Waals surface area contributed by atoms with Crippen LogP contribution in [0.15, 0.2) is 18.2 Å². The molecule has 6 heteroatoms. The van der Waals surface area contributed by atoms with Gasteiger partial charge in [-0.25, -0.2) is 0 Å². The van der Waals surface area contributed by atoms with E-state index < -0.39 is 0 Å². The van der Waals surface area contributed by atoms with Crippen LogP contribution >= 0.6 is 0 Å². The van der Waals surface area contributed by atoms with Crippen LogP contribution in [-0.2, 0) is 6.42 Å². The van der Waals surface area contributed by atoms with Gasteiger partial charge in [-0.1, -0.05) is 0 Å². The van der Waals surface area contributed by atoms with E-state index in [4.69, 9.17) is 34.4 Å². The van der Waals surface area contributed by atoms with Gasteiger partial charge in [-0.15, -0.1) is 0 Å². The molecule has 0 aliphatic heterocycles. The Labute approximate surface area is 117 Å². The molecule has 0 radical (unpaired) electrons. The molecule has 0 aromatic heterocycles. The van der Waals surface area contributed by atoms with E-state index in [0.29, 0.717) is 40.5 Å². The summed E-state index contributed by atoms with van der Waals surface area (Å²) in [6.45, 7) is 1.85. The molecule has 6 nitrogen and oxygen atoms in total. The maximum absolute atomic E-state index is 6.10. The maximum Gasteiger partial charge on any atom is 0.0421 e. The van der Waals surface area contributed by atoms with Gasteiger partial charge < -0.3 is 34.4 Å². The van der Waals surface area contributed by atoms with E-state index >= 15 is 0 Å². The van der Waals surface area contributed by atoms with Gasteiger partial charge in [-0.2, -0.15) is 0 Å². The first-order valence-corrected chi connectivity index (χ1v) is 6.17. The normalized spacial score (nSPS) is 10.7. The second-order valence-corrected chi connectivity index (χ2v) is 4.93. The number of nitrogen functional groups attached to an aromatic ring is 6. The zero-order chi connectivity index (χ0) is 15.0. The van der Waals surface area contributed by atoms with Gasteiger partial charge >= 0.3 is 0 Å². The van der Waals surface area contributed by atoms with Crippen LogP contribution in [0.1, 0.15) is 16.7 Å². The summed E-state index contributed by atoms with van der Waals surface area (Å²) >= 11 is 0. The smallest absolute Gasteiger partial charge is 0.0421 e. The van der Waals surface area contributed by atoms with Crippen molar-refractivity contribution in [1.29, 1.82) is 0 Å². The van der Waals surface area contributed by atoms with E-state index in [2.05, 4.69) is 0 Å². The van der Waals surface area contributed by atoms with Crippen molar-refractivity contribution in [1.82, 2.24) is 0 Å². The Morgan fingerprint density at radius 2 is 1.20 bits per heavy atom. The van der Waals surface area contributed by atoms with Crippen LogP contribution in [0.2, 0.25) is 0 Å². The number of nitrogens with two attached hydrogens (primary N) is 6. The topological polar surface area (TPSA) is 156 Å². The fraction of sp³-hybridized carbons (Fsp3) is 0.143. The number of anilines is 6. The lowest BCUT2D eigenvalue weighted by atomic mass is 9.96. The van der Waals surface area contributed by atoms with Crippen molar-refractivity contribution in [3.63, 3.8) is 0 Å². The zero-order valence-electron chi connectivity index (χ0n) is 11.4. The molecule has 0 bridgehead atoms. The Balaban J connectivity index is 2.54.